The molecular formula is C21H19ClN2O2. The maximum atomic E-state index is 13.0. The fourth-order valence-corrected chi connectivity index (χ4v) is 3.53. The Morgan fingerprint density at radius 1 is 1.12 bits per heavy atom. The second-order valence-electron chi connectivity index (χ2n) is 6.43. The van der Waals surface area contributed by atoms with Crippen LogP contribution >= 0.6 is 11.6 Å². The van der Waals surface area contributed by atoms with Crippen LogP contribution in [0.2, 0.25) is 5.02 Å². The van der Waals surface area contributed by atoms with E-state index >= 15 is 0 Å². The summed E-state index contributed by atoms with van der Waals surface area (Å²) >= 11 is 5.98. The third kappa shape index (κ3) is 3.20. The second kappa shape index (κ2) is 6.89. The van der Waals surface area contributed by atoms with Crippen molar-refractivity contribution >= 4 is 23.2 Å². The van der Waals surface area contributed by atoms with Gasteiger partial charge in [-0.2, -0.15) is 0 Å². The summed E-state index contributed by atoms with van der Waals surface area (Å²) in [7, 11) is 0. The summed E-state index contributed by atoms with van der Waals surface area (Å²) in [6.45, 7) is 3.20. The number of nitrogens with zero attached hydrogens (tertiary/aromatic N) is 2. The molecular weight excluding hydrogens is 348 g/mol. The first-order valence-corrected chi connectivity index (χ1v) is 8.91. The van der Waals surface area contributed by atoms with Crippen molar-refractivity contribution in [2.75, 3.05) is 11.5 Å². The van der Waals surface area contributed by atoms with E-state index in [9.17, 15) is 4.79 Å². The van der Waals surface area contributed by atoms with E-state index in [1.807, 2.05) is 43.5 Å². The van der Waals surface area contributed by atoms with Crippen molar-refractivity contribution in [3.8, 4) is 5.75 Å². The van der Waals surface area contributed by atoms with Gasteiger partial charge >= 0.3 is 0 Å². The fourth-order valence-electron chi connectivity index (χ4n) is 3.30. The van der Waals surface area contributed by atoms with Crippen molar-refractivity contribution in [1.29, 1.82) is 0 Å². The molecule has 0 spiro atoms. The minimum atomic E-state index is -0.0681. The predicted molar refractivity (Wildman–Crippen MR) is 103 cm³/mol. The van der Waals surface area contributed by atoms with Gasteiger partial charge in [-0.1, -0.05) is 29.8 Å². The van der Waals surface area contributed by atoms with Gasteiger partial charge in [0.05, 0.1) is 6.54 Å². The highest BCUT2D eigenvalue weighted by Crippen LogP contribution is 2.28. The molecule has 26 heavy (non-hydrogen) atoms. The van der Waals surface area contributed by atoms with Crippen molar-refractivity contribution < 1.29 is 9.53 Å². The highest BCUT2D eigenvalue weighted by Gasteiger charge is 2.24. The Morgan fingerprint density at radius 3 is 2.81 bits per heavy atom. The van der Waals surface area contributed by atoms with Crippen LogP contribution in [0.4, 0.5) is 5.69 Å². The maximum Gasteiger partial charge on any atom is 0.265 e. The number of aromatic nitrogens is 1. The number of rotatable bonds is 3. The lowest BCUT2D eigenvalue weighted by Gasteiger charge is -2.23. The topological polar surface area (TPSA) is 34.5 Å². The van der Waals surface area contributed by atoms with Gasteiger partial charge in [-0.15, -0.1) is 0 Å². The summed E-state index contributed by atoms with van der Waals surface area (Å²) in [5.41, 5.74) is 4.09. The van der Waals surface area contributed by atoms with Crippen LogP contribution in [-0.2, 0) is 17.9 Å². The minimum Gasteiger partial charge on any atom is -0.483 e. The van der Waals surface area contributed by atoms with E-state index in [1.54, 1.807) is 17.0 Å². The van der Waals surface area contributed by atoms with Crippen molar-refractivity contribution in [2.45, 2.75) is 20.0 Å². The van der Waals surface area contributed by atoms with Gasteiger partial charge in [0.25, 0.3) is 5.91 Å². The molecule has 0 saturated heterocycles. The first kappa shape index (κ1) is 16.7. The zero-order valence-electron chi connectivity index (χ0n) is 14.5. The molecule has 0 aliphatic carbocycles. The molecule has 0 atom stereocenters. The molecule has 1 amide bonds. The van der Waals surface area contributed by atoms with E-state index in [2.05, 4.69) is 16.7 Å². The first-order chi connectivity index (χ1) is 12.6. The molecule has 0 saturated carbocycles. The number of hydrogen-bond donors (Lipinski definition) is 0. The van der Waals surface area contributed by atoms with E-state index in [-0.39, 0.29) is 12.5 Å². The number of fused-ring (bicyclic) bond motifs is 2. The number of benzene rings is 2. The number of aryl methyl sites for hydroxylation is 1. The number of carbonyl (C=O) groups is 1. The molecule has 4 nitrogen and oxygen atoms in total. The van der Waals surface area contributed by atoms with E-state index in [1.165, 1.54) is 0 Å². The van der Waals surface area contributed by atoms with E-state index < -0.39 is 0 Å². The molecule has 0 bridgehead atoms. The predicted octanol–water partition coefficient (Wildman–Crippen LogP) is 4.42. The molecule has 132 valence electrons. The molecule has 0 radical (unpaired) electrons. The molecule has 1 aliphatic heterocycles. The normalized spacial score (nSPS) is 12.9. The molecule has 0 unspecified atom stereocenters. The second-order valence-corrected chi connectivity index (χ2v) is 6.87. The number of ether oxygens (including phenoxy) is 1. The molecule has 5 heteroatoms. The fraction of sp³-hybridized carbons (Fsp3) is 0.190. The van der Waals surface area contributed by atoms with Gasteiger partial charge < -0.3 is 14.2 Å². The quantitative estimate of drug-likeness (QED) is 0.687. The van der Waals surface area contributed by atoms with Crippen LogP contribution in [-0.4, -0.2) is 17.1 Å². The van der Waals surface area contributed by atoms with Crippen LogP contribution in [0.15, 0.2) is 60.8 Å². The van der Waals surface area contributed by atoms with Crippen molar-refractivity contribution in [3.63, 3.8) is 0 Å². The van der Waals surface area contributed by atoms with Crippen LogP contribution in [0.1, 0.15) is 16.8 Å². The van der Waals surface area contributed by atoms with Crippen LogP contribution in [0.25, 0.3) is 0 Å². The lowest BCUT2D eigenvalue weighted by Crippen LogP contribution is -2.34. The molecule has 0 fully saturated rings. The Bertz CT molecular complexity index is 964. The van der Waals surface area contributed by atoms with E-state index in [0.29, 0.717) is 17.3 Å². The average molecular weight is 367 g/mol. The summed E-state index contributed by atoms with van der Waals surface area (Å²) in [6.07, 6.45) is 2.05. The lowest BCUT2D eigenvalue weighted by atomic mass is 10.1. The van der Waals surface area contributed by atoms with Gasteiger partial charge in [-0.25, -0.2) is 0 Å². The summed E-state index contributed by atoms with van der Waals surface area (Å²) in [5, 5.41) is 0.656. The van der Waals surface area contributed by atoms with Gasteiger partial charge in [0.15, 0.2) is 6.61 Å². The van der Waals surface area contributed by atoms with Gasteiger partial charge in [0, 0.05) is 29.1 Å². The molecule has 4 rings (SSSR count). The highest BCUT2D eigenvalue weighted by atomic mass is 35.5. The van der Waals surface area contributed by atoms with Crippen molar-refractivity contribution in [3.05, 3.63) is 82.6 Å². The Balaban J connectivity index is 1.58. The lowest BCUT2D eigenvalue weighted by molar-refractivity contribution is -0.120. The summed E-state index contributed by atoms with van der Waals surface area (Å²) in [4.78, 5) is 14.8. The Labute approximate surface area is 157 Å². The largest absolute Gasteiger partial charge is 0.483 e. The monoisotopic (exact) mass is 366 g/mol. The number of anilines is 1. The Hall–Kier alpha value is -2.72. The summed E-state index contributed by atoms with van der Waals surface area (Å²) in [5.74, 6) is 0.607. The minimum absolute atomic E-state index is 0.0164. The van der Waals surface area contributed by atoms with Crippen LogP contribution < -0.4 is 9.64 Å². The van der Waals surface area contributed by atoms with E-state index in [4.69, 9.17) is 16.3 Å². The average Bonchev–Trinajstić information content (AvgIpc) is 3.00. The molecule has 1 aromatic heterocycles. The third-order valence-electron chi connectivity index (χ3n) is 4.66. The van der Waals surface area contributed by atoms with Crippen LogP contribution in [0.3, 0.4) is 0 Å². The summed E-state index contributed by atoms with van der Waals surface area (Å²) in [6, 6.07) is 17.5. The smallest absolute Gasteiger partial charge is 0.265 e. The van der Waals surface area contributed by atoms with E-state index in [0.717, 1.165) is 29.1 Å². The summed E-state index contributed by atoms with van der Waals surface area (Å²) < 4.78 is 7.95. The molecule has 0 N–H and O–H groups in total. The number of para-hydroxylation sites is 1. The van der Waals surface area contributed by atoms with Crippen LogP contribution in [0.5, 0.6) is 5.75 Å². The third-order valence-corrected chi connectivity index (χ3v) is 4.89. The Morgan fingerprint density at radius 2 is 1.96 bits per heavy atom. The number of hydrogen-bond acceptors (Lipinski definition) is 2. The zero-order valence-corrected chi connectivity index (χ0v) is 15.2. The molecule has 3 aromatic rings. The Kier molecular flexibility index (Phi) is 4.43. The standard InChI is InChI=1S/C21H19ClN2O2/c1-15-11-17(22)8-9-20(15)26-14-21(25)24-13-18-6-4-10-23(18)12-16-5-2-3-7-19(16)24/h2-11H,12-14H2,1H3. The van der Waals surface area contributed by atoms with Gasteiger partial charge in [0.2, 0.25) is 0 Å². The van der Waals surface area contributed by atoms with Crippen molar-refractivity contribution in [2.24, 2.45) is 0 Å². The SMILES string of the molecule is Cc1cc(Cl)ccc1OCC(=O)N1Cc2cccn2Cc2ccccc21. The molecule has 1 aliphatic rings. The molecule has 2 heterocycles. The number of halogens is 1. The zero-order chi connectivity index (χ0) is 18.1. The van der Waals surface area contributed by atoms with Gasteiger partial charge in [-0.3, -0.25) is 4.79 Å². The molecule has 2 aromatic carbocycles. The first-order valence-electron chi connectivity index (χ1n) is 8.53. The highest BCUT2D eigenvalue weighted by molar-refractivity contribution is 6.30. The maximum absolute atomic E-state index is 13.0. The van der Waals surface area contributed by atoms with Gasteiger partial charge in [0.1, 0.15) is 5.75 Å². The van der Waals surface area contributed by atoms with Crippen molar-refractivity contribution in [1.82, 2.24) is 4.57 Å². The van der Waals surface area contributed by atoms with Crippen LogP contribution in [0, 0.1) is 6.92 Å². The number of carbonyl (C=O) groups excluding carboxylic acids is 1. The van der Waals surface area contributed by atoms with Gasteiger partial charge in [-0.05, 0) is 54.4 Å². The number of amides is 1.